The van der Waals surface area contributed by atoms with Crippen LogP contribution in [0.1, 0.15) is 19.4 Å². The number of carbonyl (C=O) groups excluding carboxylic acids is 1. The molecular formula is C19H22Cl2N2OS. The van der Waals surface area contributed by atoms with E-state index in [-0.39, 0.29) is 18.3 Å². The van der Waals surface area contributed by atoms with E-state index in [2.05, 4.69) is 30.9 Å². The standard InChI is InChI=1S/C19H21ClN2OS.ClH/c1-3-21(4-2)13-19(23)22-12-14-7-5-6-8-17(14)24-18-10-9-15(20)11-16(18)22;/h5-11H,3-4,12-13H2,1-2H3;1H. The molecule has 0 aliphatic carbocycles. The van der Waals surface area contributed by atoms with Gasteiger partial charge in [-0.2, -0.15) is 0 Å². The first-order valence-corrected chi connectivity index (χ1v) is 9.39. The Morgan fingerprint density at radius 3 is 2.60 bits per heavy atom. The van der Waals surface area contributed by atoms with E-state index in [1.54, 1.807) is 11.8 Å². The molecule has 0 aromatic heterocycles. The van der Waals surface area contributed by atoms with Gasteiger partial charge in [0, 0.05) is 14.8 Å². The van der Waals surface area contributed by atoms with Crippen LogP contribution >= 0.6 is 35.8 Å². The number of anilines is 1. The molecule has 1 aliphatic heterocycles. The van der Waals surface area contributed by atoms with Crippen molar-refractivity contribution in [2.75, 3.05) is 24.5 Å². The first kappa shape index (κ1) is 20.1. The molecule has 0 unspecified atom stereocenters. The minimum Gasteiger partial charge on any atom is -0.306 e. The second kappa shape index (κ2) is 8.95. The highest BCUT2D eigenvalue weighted by Crippen LogP contribution is 2.42. The van der Waals surface area contributed by atoms with Crippen molar-refractivity contribution in [2.45, 2.75) is 30.2 Å². The summed E-state index contributed by atoms with van der Waals surface area (Å²) in [7, 11) is 0. The normalized spacial score (nSPS) is 12.9. The number of nitrogens with zero attached hydrogens (tertiary/aromatic N) is 2. The minimum absolute atomic E-state index is 0. The first-order valence-electron chi connectivity index (χ1n) is 8.20. The van der Waals surface area contributed by atoms with Gasteiger partial charge in [0.25, 0.3) is 0 Å². The van der Waals surface area contributed by atoms with Crippen molar-refractivity contribution in [1.29, 1.82) is 0 Å². The number of likely N-dealkylation sites (N-methyl/N-ethyl adjacent to an activating group) is 1. The number of hydrogen-bond acceptors (Lipinski definition) is 3. The molecule has 2 aromatic rings. The summed E-state index contributed by atoms with van der Waals surface area (Å²) in [6.07, 6.45) is 0. The third kappa shape index (κ3) is 4.50. The summed E-state index contributed by atoms with van der Waals surface area (Å²) < 4.78 is 0. The Bertz CT molecular complexity index is 750. The highest BCUT2D eigenvalue weighted by atomic mass is 35.5. The predicted octanol–water partition coefficient (Wildman–Crippen LogP) is 5.10. The van der Waals surface area contributed by atoms with Crippen LogP contribution in [0, 0.1) is 0 Å². The largest absolute Gasteiger partial charge is 0.306 e. The Labute approximate surface area is 164 Å². The van der Waals surface area contributed by atoms with E-state index in [4.69, 9.17) is 11.6 Å². The van der Waals surface area contributed by atoms with Crippen LogP contribution in [0.2, 0.25) is 5.02 Å². The highest BCUT2D eigenvalue weighted by molar-refractivity contribution is 7.99. The molecule has 6 heteroatoms. The lowest BCUT2D eigenvalue weighted by atomic mass is 10.2. The lowest BCUT2D eigenvalue weighted by Crippen LogP contribution is -2.40. The fourth-order valence-corrected chi connectivity index (χ4v) is 4.07. The molecule has 0 saturated heterocycles. The van der Waals surface area contributed by atoms with Gasteiger partial charge in [0.05, 0.1) is 18.8 Å². The van der Waals surface area contributed by atoms with Gasteiger partial charge in [0.2, 0.25) is 5.91 Å². The van der Waals surface area contributed by atoms with Gasteiger partial charge in [0.1, 0.15) is 0 Å². The van der Waals surface area contributed by atoms with Crippen LogP contribution in [0.25, 0.3) is 0 Å². The van der Waals surface area contributed by atoms with E-state index in [0.29, 0.717) is 18.1 Å². The molecule has 0 fully saturated rings. The van der Waals surface area contributed by atoms with E-state index < -0.39 is 0 Å². The van der Waals surface area contributed by atoms with Crippen LogP contribution in [-0.4, -0.2) is 30.4 Å². The van der Waals surface area contributed by atoms with Gasteiger partial charge in [-0.15, -0.1) is 12.4 Å². The molecule has 2 aromatic carbocycles. The Morgan fingerprint density at radius 1 is 1.16 bits per heavy atom. The fourth-order valence-electron chi connectivity index (χ4n) is 2.84. The predicted molar refractivity (Wildman–Crippen MR) is 108 cm³/mol. The van der Waals surface area contributed by atoms with Crippen molar-refractivity contribution in [3.05, 3.63) is 53.1 Å². The fraction of sp³-hybridized carbons (Fsp3) is 0.316. The number of rotatable bonds is 4. The summed E-state index contributed by atoms with van der Waals surface area (Å²) in [5.41, 5.74) is 2.07. The van der Waals surface area contributed by atoms with E-state index >= 15 is 0 Å². The number of benzene rings is 2. The number of fused-ring (bicyclic) bond motifs is 2. The molecule has 3 nitrogen and oxygen atoms in total. The molecule has 134 valence electrons. The van der Waals surface area contributed by atoms with E-state index in [1.165, 1.54) is 10.5 Å². The summed E-state index contributed by atoms with van der Waals surface area (Å²) in [5.74, 6) is 0.111. The van der Waals surface area contributed by atoms with E-state index in [1.807, 2.05) is 35.2 Å². The second-order valence-electron chi connectivity index (χ2n) is 5.76. The van der Waals surface area contributed by atoms with Crippen LogP contribution in [0.3, 0.4) is 0 Å². The maximum Gasteiger partial charge on any atom is 0.241 e. The van der Waals surface area contributed by atoms with Crippen LogP contribution in [0.4, 0.5) is 5.69 Å². The minimum atomic E-state index is 0. The van der Waals surface area contributed by atoms with Crippen LogP contribution in [-0.2, 0) is 11.3 Å². The second-order valence-corrected chi connectivity index (χ2v) is 7.28. The Kier molecular flexibility index (Phi) is 7.20. The molecule has 3 rings (SSSR count). The van der Waals surface area contributed by atoms with Crippen LogP contribution < -0.4 is 4.90 Å². The molecule has 0 saturated carbocycles. The molecule has 0 bridgehead atoms. The van der Waals surface area contributed by atoms with Crippen molar-refractivity contribution < 1.29 is 4.79 Å². The van der Waals surface area contributed by atoms with Crippen molar-refractivity contribution in [1.82, 2.24) is 4.90 Å². The van der Waals surface area contributed by atoms with Gasteiger partial charge >= 0.3 is 0 Å². The summed E-state index contributed by atoms with van der Waals surface area (Å²) >= 11 is 7.91. The topological polar surface area (TPSA) is 23.6 Å². The number of hydrogen-bond donors (Lipinski definition) is 0. The smallest absolute Gasteiger partial charge is 0.241 e. The van der Waals surface area contributed by atoms with Gasteiger partial charge in [-0.3, -0.25) is 9.69 Å². The van der Waals surface area contributed by atoms with Crippen LogP contribution in [0.15, 0.2) is 52.3 Å². The monoisotopic (exact) mass is 396 g/mol. The number of amides is 1. The van der Waals surface area contributed by atoms with Crippen molar-refractivity contribution in [2.24, 2.45) is 0 Å². The van der Waals surface area contributed by atoms with E-state index in [9.17, 15) is 4.79 Å². The van der Waals surface area contributed by atoms with Crippen molar-refractivity contribution >= 4 is 47.4 Å². The van der Waals surface area contributed by atoms with Gasteiger partial charge in [-0.05, 0) is 42.9 Å². The molecule has 0 N–H and O–H groups in total. The van der Waals surface area contributed by atoms with Crippen molar-refractivity contribution in [3.8, 4) is 0 Å². The zero-order chi connectivity index (χ0) is 17.1. The molecule has 0 spiro atoms. The third-order valence-corrected chi connectivity index (χ3v) is 5.71. The summed E-state index contributed by atoms with van der Waals surface area (Å²) in [6, 6.07) is 14.0. The van der Waals surface area contributed by atoms with Crippen molar-refractivity contribution in [3.63, 3.8) is 0 Å². The Hall–Kier alpha value is -1.20. The molecule has 0 atom stereocenters. The van der Waals surface area contributed by atoms with Gasteiger partial charge < -0.3 is 4.90 Å². The average Bonchev–Trinajstić information content (AvgIpc) is 2.76. The molecule has 25 heavy (non-hydrogen) atoms. The Balaban J connectivity index is 0.00000225. The first-order chi connectivity index (χ1) is 11.6. The summed E-state index contributed by atoms with van der Waals surface area (Å²) in [4.78, 5) is 19.3. The third-order valence-electron chi connectivity index (χ3n) is 4.29. The molecule has 1 amide bonds. The zero-order valence-corrected chi connectivity index (χ0v) is 16.8. The molecule has 0 radical (unpaired) electrons. The van der Waals surface area contributed by atoms with Gasteiger partial charge in [-0.25, -0.2) is 0 Å². The maximum atomic E-state index is 13.0. The lowest BCUT2D eigenvalue weighted by Gasteiger charge is -2.26. The van der Waals surface area contributed by atoms with Gasteiger partial charge in [-0.1, -0.05) is 55.4 Å². The zero-order valence-electron chi connectivity index (χ0n) is 14.4. The number of carbonyl (C=O) groups is 1. The highest BCUT2D eigenvalue weighted by Gasteiger charge is 2.25. The lowest BCUT2D eigenvalue weighted by molar-refractivity contribution is -0.119. The van der Waals surface area contributed by atoms with Gasteiger partial charge in [0.15, 0.2) is 0 Å². The molecule has 1 aliphatic rings. The molecule has 1 heterocycles. The SMILES string of the molecule is CCN(CC)CC(=O)N1Cc2ccccc2Sc2ccc(Cl)cc21.Cl. The maximum absolute atomic E-state index is 13.0. The summed E-state index contributed by atoms with van der Waals surface area (Å²) in [5, 5.41) is 0.654. The quantitative estimate of drug-likeness (QED) is 0.717. The Morgan fingerprint density at radius 2 is 1.88 bits per heavy atom. The molecular weight excluding hydrogens is 375 g/mol. The average molecular weight is 397 g/mol. The summed E-state index contributed by atoms with van der Waals surface area (Å²) in [6.45, 7) is 6.89. The number of halogens is 2. The van der Waals surface area contributed by atoms with E-state index in [0.717, 1.165) is 23.7 Å². The van der Waals surface area contributed by atoms with Crippen LogP contribution in [0.5, 0.6) is 0 Å².